The molecule has 0 saturated carbocycles. The second kappa shape index (κ2) is 5.13. The molecule has 0 aliphatic rings. The van der Waals surface area contributed by atoms with Gasteiger partial charge in [-0.1, -0.05) is 30.2 Å². The van der Waals surface area contributed by atoms with Crippen LogP contribution in [0.1, 0.15) is 12.5 Å². The van der Waals surface area contributed by atoms with Crippen LogP contribution >= 0.6 is 0 Å². The van der Waals surface area contributed by atoms with Crippen LogP contribution in [0.4, 0.5) is 4.39 Å². The van der Waals surface area contributed by atoms with Gasteiger partial charge in [-0.25, -0.2) is 4.39 Å². The van der Waals surface area contributed by atoms with Gasteiger partial charge < -0.3 is 9.84 Å². The molecule has 2 aromatic rings. The van der Waals surface area contributed by atoms with Gasteiger partial charge in [0, 0.05) is 0 Å². The molecule has 2 aromatic carbocycles. The van der Waals surface area contributed by atoms with E-state index in [9.17, 15) is 9.50 Å². The molecule has 0 aliphatic carbocycles. The van der Waals surface area contributed by atoms with Crippen LogP contribution in [-0.2, 0) is 5.60 Å². The lowest BCUT2D eigenvalue weighted by molar-refractivity contribution is 0.122. The Hall–Kier alpha value is -2.31. The van der Waals surface area contributed by atoms with Crippen LogP contribution in [0, 0.1) is 18.2 Å². The Morgan fingerprint density at radius 3 is 2.37 bits per heavy atom. The van der Waals surface area contributed by atoms with Gasteiger partial charge in [-0.3, -0.25) is 0 Å². The van der Waals surface area contributed by atoms with Gasteiger partial charge in [0.2, 0.25) is 0 Å². The number of para-hydroxylation sites is 1. The van der Waals surface area contributed by atoms with Crippen LogP contribution in [0.2, 0.25) is 0 Å². The summed E-state index contributed by atoms with van der Waals surface area (Å²) in [5.74, 6) is 2.49. The molecular formula is C16H13FO2. The van der Waals surface area contributed by atoms with Crippen molar-refractivity contribution in [1.82, 2.24) is 0 Å². The predicted molar refractivity (Wildman–Crippen MR) is 71.3 cm³/mol. The minimum Gasteiger partial charge on any atom is -0.454 e. The van der Waals surface area contributed by atoms with Crippen molar-refractivity contribution >= 4 is 0 Å². The lowest BCUT2D eigenvalue weighted by atomic mass is 9.97. The third-order valence-electron chi connectivity index (χ3n) is 2.76. The normalized spacial score (nSPS) is 13.4. The van der Waals surface area contributed by atoms with Crippen molar-refractivity contribution in [2.45, 2.75) is 12.5 Å². The highest BCUT2D eigenvalue weighted by Gasteiger charge is 2.19. The Balaban J connectivity index is 2.21. The lowest BCUT2D eigenvalue weighted by Gasteiger charge is -2.17. The van der Waals surface area contributed by atoms with Crippen LogP contribution in [0.5, 0.6) is 11.5 Å². The molecule has 3 heteroatoms. The molecule has 1 N–H and O–H groups in total. The van der Waals surface area contributed by atoms with E-state index in [4.69, 9.17) is 11.2 Å². The number of hydrogen-bond donors (Lipinski definition) is 1. The Bertz CT molecular complexity index is 609. The van der Waals surface area contributed by atoms with Crippen molar-refractivity contribution in [2.75, 3.05) is 0 Å². The summed E-state index contributed by atoms with van der Waals surface area (Å²) in [6.45, 7) is 1.53. The Labute approximate surface area is 111 Å². The van der Waals surface area contributed by atoms with Gasteiger partial charge in [0.05, 0.1) is 0 Å². The van der Waals surface area contributed by atoms with Gasteiger partial charge in [0.15, 0.2) is 11.6 Å². The SMILES string of the molecule is C#CC(C)(O)c1ccc(Oc2ccccc2F)cc1. The summed E-state index contributed by atoms with van der Waals surface area (Å²) >= 11 is 0. The van der Waals surface area contributed by atoms with Crippen LogP contribution in [0.3, 0.4) is 0 Å². The van der Waals surface area contributed by atoms with Gasteiger partial charge in [-0.15, -0.1) is 6.42 Å². The fourth-order valence-electron chi connectivity index (χ4n) is 1.59. The van der Waals surface area contributed by atoms with Gasteiger partial charge in [0.1, 0.15) is 11.4 Å². The Morgan fingerprint density at radius 2 is 1.79 bits per heavy atom. The summed E-state index contributed by atoms with van der Waals surface area (Å²) in [5, 5.41) is 9.88. The monoisotopic (exact) mass is 256 g/mol. The van der Waals surface area contributed by atoms with Crippen molar-refractivity contribution in [2.24, 2.45) is 0 Å². The first-order valence-corrected chi connectivity index (χ1v) is 5.76. The molecule has 1 unspecified atom stereocenters. The first-order chi connectivity index (χ1) is 9.03. The van der Waals surface area contributed by atoms with Crippen molar-refractivity contribution in [1.29, 1.82) is 0 Å². The largest absolute Gasteiger partial charge is 0.454 e. The second-order valence-corrected chi connectivity index (χ2v) is 4.27. The molecule has 1 atom stereocenters. The highest BCUT2D eigenvalue weighted by Crippen LogP contribution is 2.27. The molecule has 2 nitrogen and oxygen atoms in total. The molecule has 0 saturated heterocycles. The van der Waals surface area contributed by atoms with E-state index >= 15 is 0 Å². The molecule has 2 rings (SSSR count). The third kappa shape index (κ3) is 2.93. The average molecular weight is 256 g/mol. The zero-order valence-electron chi connectivity index (χ0n) is 10.4. The van der Waals surface area contributed by atoms with Crippen LogP contribution in [-0.4, -0.2) is 5.11 Å². The van der Waals surface area contributed by atoms with E-state index in [0.717, 1.165) is 0 Å². The molecule has 0 bridgehead atoms. The second-order valence-electron chi connectivity index (χ2n) is 4.27. The zero-order valence-corrected chi connectivity index (χ0v) is 10.4. The smallest absolute Gasteiger partial charge is 0.165 e. The quantitative estimate of drug-likeness (QED) is 0.852. The lowest BCUT2D eigenvalue weighted by Crippen LogP contribution is -2.17. The van der Waals surface area contributed by atoms with Crippen molar-refractivity contribution in [3.8, 4) is 23.8 Å². The minimum atomic E-state index is -1.32. The maximum Gasteiger partial charge on any atom is 0.165 e. The molecule has 0 fully saturated rings. The van der Waals surface area contributed by atoms with E-state index in [0.29, 0.717) is 11.3 Å². The highest BCUT2D eigenvalue weighted by atomic mass is 19.1. The molecule has 96 valence electrons. The van der Waals surface area contributed by atoms with E-state index in [-0.39, 0.29) is 5.75 Å². The molecule has 0 aromatic heterocycles. The summed E-state index contributed by atoms with van der Waals surface area (Å²) in [5.41, 5.74) is -0.743. The summed E-state index contributed by atoms with van der Waals surface area (Å²) in [4.78, 5) is 0. The Kier molecular flexibility index (Phi) is 3.55. The number of hydrogen-bond acceptors (Lipinski definition) is 2. The maximum atomic E-state index is 13.4. The fraction of sp³-hybridized carbons (Fsp3) is 0.125. The molecule has 0 heterocycles. The number of rotatable bonds is 3. The highest BCUT2D eigenvalue weighted by molar-refractivity contribution is 5.37. The molecular weight excluding hydrogens is 243 g/mol. The third-order valence-corrected chi connectivity index (χ3v) is 2.76. The van der Waals surface area contributed by atoms with Crippen LogP contribution in [0.15, 0.2) is 48.5 Å². The van der Waals surface area contributed by atoms with E-state index < -0.39 is 11.4 Å². The van der Waals surface area contributed by atoms with Crippen LogP contribution < -0.4 is 4.74 Å². The molecule has 0 spiro atoms. The van der Waals surface area contributed by atoms with Gasteiger partial charge in [0.25, 0.3) is 0 Å². The summed E-state index contributed by atoms with van der Waals surface area (Å²) in [6, 6.07) is 12.7. The van der Waals surface area contributed by atoms with E-state index in [1.54, 1.807) is 42.5 Å². The average Bonchev–Trinajstić information content (AvgIpc) is 2.42. The maximum absolute atomic E-state index is 13.4. The molecule has 0 amide bonds. The molecule has 19 heavy (non-hydrogen) atoms. The number of halogens is 1. The van der Waals surface area contributed by atoms with E-state index in [1.807, 2.05) is 0 Å². The Morgan fingerprint density at radius 1 is 1.16 bits per heavy atom. The van der Waals surface area contributed by atoms with E-state index in [1.165, 1.54) is 13.0 Å². The summed E-state index contributed by atoms with van der Waals surface area (Å²) in [6.07, 6.45) is 5.24. The predicted octanol–water partition coefficient (Wildman–Crippen LogP) is 3.46. The van der Waals surface area contributed by atoms with Crippen LogP contribution in [0.25, 0.3) is 0 Å². The number of benzene rings is 2. The minimum absolute atomic E-state index is 0.152. The van der Waals surface area contributed by atoms with Gasteiger partial charge in [-0.2, -0.15) is 0 Å². The van der Waals surface area contributed by atoms with Crippen molar-refractivity contribution in [3.63, 3.8) is 0 Å². The fourth-order valence-corrected chi connectivity index (χ4v) is 1.59. The standard InChI is InChI=1S/C16H13FO2/c1-3-16(2,18)12-8-10-13(11-9-12)19-15-7-5-4-6-14(15)17/h1,4-11,18H,2H3. The van der Waals surface area contributed by atoms with E-state index in [2.05, 4.69) is 5.92 Å². The summed E-state index contributed by atoms with van der Waals surface area (Å²) in [7, 11) is 0. The number of terminal acetylenes is 1. The number of ether oxygens (including phenoxy) is 1. The zero-order chi connectivity index (χ0) is 13.9. The van der Waals surface area contributed by atoms with Crippen molar-refractivity contribution in [3.05, 3.63) is 59.9 Å². The summed E-state index contributed by atoms with van der Waals surface area (Å²) < 4.78 is 18.8. The van der Waals surface area contributed by atoms with Gasteiger partial charge in [-0.05, 0) is 36.8 Å². The number of aliphatic hydroxyl groups is 1. The first-order valence-electron chi connectivity index (χ1n) is 5.76. The van der Waals surface area contributed by atoms with Crippen molar-refractivity contribution < 1.29 is 14.2 Å². The van der Waals surface area contributed by atoms with Gasteiger partial charge >= 0.3 is 0 Å². The molecule has 0 aliphatic heterocycles. The first kappa shape index (κ1) is 13.1. The topological polar surface area (TPSA) is 29.5 Å². The molecule has 0 radical (unpaired) electrons.